The number of carbonyl (C=O) groups excluding carboxylic acids is 1. The molecule has 0 aliphatic heterocycles. The van der Waals surface area contributed by atoms with Crippen molar-refractivity contribution in [3.05, 3.63) is 89.0 Å². The molecule has 0 spiro atoms. The summed E-state index contributed by atoms with van der Waals surface area (Å²) in [6.45, 7) is 9.21. The Hall–Kier alpha value is -3.70. The summed E-state index contributed by atoms with van der Waals surface area (Å²) in [5.41, 5.74) is 3.65. The number of rotatable bonds is 14. The number of nitrogens with zero attached hydrogens (tertiary/aromatic N) is 1. The fraction of sp³-hybridized carbons (Fsp3) is 0.364. The number of anilines is 1. The van der Waals surface area contributed by atoms with Crippen LogP contribution in [0.25, 0.3) is 12.2 Å². The van der Waals surface area contributed by atoms with Gasteiger partial charge >= 0.3 is 6.09 Å². The first-order valence-electron chi connectivity index (χ1n) is 14.0. The van der Waals surface area contributed by atoms with Gasteiger partial charge in [-0.25, -0.2) is 4.79 Å². The van der Waals surface area contributed by atoms with Crippen molar-refractivity contribution >= 4 is 34.1 Å². The van der Waals surface area contributed by atoms with E-state index in [2.05, 4.69) is 0 Å². The fourth-order valence-corrected chi connectivity index (χ4v) is 4.72. The van der Waals surface area contributed by atoms with E-state index in [0.29, 0.717) is 45.0 Å². The van der Waals surface area contributed by atoms with Crippen molar-refractivity contribution in [3.63, 3.8) is 0 Å². The molecule has 0 saturated carbocycles. The molecule has 3 aromatic carbocycles. The first-order chi connectivity index (χ1) is 20.3. The van der Waals surface area contributed by atoms with Crippen LogP contribution < -0.4 is 9.64 Å². The minimum absolute atomic E-state index is 0.0876. The van der Waals surface area contributed by atoms with E-state index < -0.39 is 21.8 Å². The van der Waals surface area contributed by atoms with Crippen molar-refractivity contribution in [2.75, 3.05) is 45.0 Å². The molecule has 0 saturated heterocycles. The molecule has 1 amide bonds. The number of benzene rings is 3. The zero-order valence-corrected chi connectivity index (χ0v) is 26.2. The van der Waals surface area contributed by atoms with E-state index in [-0.39, 0.29) is 4.90 Å². The smallest absolute Gasteiger partial charge is 0.414 e. The van der Waals surface area contributed by atoms with Crippen molar-refractivity contribution in [3.8, 4) is 5.75 Å². The summed E-state index contributed by atoms with van der Waals surface area (Å²) >= 11 is 0. The second-order valence-electron chi connectivity index (χ2n) is 10.9. The second-order valence-corrected chi connectivity index (χ2v) is 12.3. The molecule has 1 N–H and O–H groups in total. The average Bonchev–Trinajstić information content (AvgIpc) is 2.94. The van der Waals surface area contributed by atoms with Crippen LogP contribution in [0.4, 0.5) is 10.5 Å². The molecule has 43 heavy (non-hydrogen) atoms. The van der Waals surface area contributed by atoms with Crippen LogP contribution in [0.3, 0.4) is 0 Å². The molecule has 0 radical (unpaired) electrons. The van der Waals surface area contributed by atoms with E-state index in [1.54, 1.807) is 19.2 Å². The summed E-state index contributed by atoms with van der Waals surface area (Å²) in [5, 5.41) is 0. The molecule has 10 heteroatoms. The minimum Gasteiger partial charge on any atom is -0.491 e. The highest BCUT2D eigenvalue weighted by molar-refractivity contribution is 7.85. The summed E-state index contributed by atoms with van der Waals surface area (Å²) < 4.78 is 54.7. The summed E-state index contributed by atoms with van der Waals surface area (Å²) in [6.07, 6.45) is 3.97. The number of amides is 1. The summed E-state index contributed by atoms with van der Waals surface area (Å²) in [5.74, 6) is 0.735. The molecule has 9 nitrogen and oxygen atoms in total. The first kappa shape index (κ1) is 33.8. The maximum absolute atomic E-state index is 12.3. The lowest BCUT2D eigenvalue weighted by Gasteiger charge is -2.24. The third kappa shape index (κ3) is 11.8. The molecule has 0 aromatic heterocycles. The van der Waals surface area contributed by atoms with Crippen molar-refractivity contribution in [2.24, 2.45) is 0 Å². The van der Waals surface area contributed by atoms with Gasteiger partial charge in [-0.2, -0.15) is 8.42 Å². The molecular weight excluding hydrogens is 570 g/mol. The normalized spacial score (nSPS) is 12.0. The third-order valence-electron chi connectivity index (χ3n) is 6.17. The van der Waals surface area contributed by atoms with Gasteiger partial charge in [-0.05, 0) is 81.1 Å². The molecular formula is C33H41NO8S. The Bertz CT molecular complexity index is 1460. The van der Waals surface area contributed by atoms with Gasteiger partial charge < -0.3 is 18.9 Å². The van der Waals surface area contributed by atoms with E-state index >= 15 is 0 Å². The second kappa shape index (κ2) is 15.7. The predicted molar refractivity (Wildman–Crippen MR) is 168 cm³/mol. The van der Waals surface area contributed by atoms with Gasteiger partial charge in [0.25, 0.3) is 10.1 Å². The van der Waals surface area contributed by atoms with Crippen molar-refractivity contribution < 1.29 is 36.7 Å². The van der Waals surface area contributed by atoms with Gasteiger partial charge in [0.2, 0.25) is 0 Å². The molecule has 3 rings (SSSR count). The van der Waals surface area contributed by atoms with Gasteiger partial charge in [-0.3, -0.25) is 9.45 Å². The highest BCUT2D eigenvalue weighted by Crippen LogP contribution is 2.20. The molecule has 232 valence electrons. The summed E-state index contributed by atoms with van der Waals surface area (Å²) in [4.78, 5) is 13.7. The van der Waals surface area contributed by atoms with Crippen LogP contribution in [-0.4, -0.2) is 64.7 Å². The maximum atomic E-state index is 12.3. The summed E-state index contributed by atoms with van der Waals surface area (Å²) in [7, 11) is -2.58. The van der Waals surface area contributed by atoms with Crippen LogP contribution in [0.5, 0.6) is 5.75 Å². The average molecular weight is 612 g/mol. The Morgan fingerprint density at radius 1 is 0.837 bits per heavy atom. The molecule has 0 aliphatic carbocycles. The zero-order valence-electron chi connectivity index (χ0n) is 25.4. The van der Waals surface area contributed by atoms with Gasteiger partial charge in [-0.15, -0.1) is 0 Å². The first-order valence-corrected chi connectivity index (χ1v) is 15.5. The number of hydrogen-bond acceptors (Lipinski definition) is 7. The lowest BCUT2D eigenvalue weighted by atomic mass is 10.1. The molecule has 3 aromatic rings. The Labute approximate surface area is 254 Å². The minimum atomic E-state index is -4.27. The standard InChI is InChI=1S/C33H41NO8S/c1-25-6-17-31(43(36,37)38)28(24-25)18-19-39-20-21-40-22-23-41-30-15-11-27(12-16-30)8-7-26-9-13-29(14-10-26)34(5)32(35)42-33(2,3)4/h6-17,24H,18-23H2,1-5H3,(H,36,37,38)/b8-7+. The lowest BCUT2D eigenvalue weighted by molar-refractivity contribution is 0.0372. The third-order valence-corrected chi connectivity index (χ3v) is 7.13. The van der Waals surface area contributed by atoms with Crippen molar-refractivity contribution in [2.45, 2.75) is 44.6 Å². The van der Waals surface area contributed by atoms with Crippen LogP contribution in [0.1, 0.15) is 43.0 Å². The fourth-order valence-electron chi connectivity index (χ4n) is 3.99. The van der Waals surface area contributed by atoms with Crippen LogP contribution in [0, 0.1) is 6.92 Å². The summed E-state index contributed by atoms with van der Waals surface area (Å²) in [6, 6.07) is 20.2. The number of ether oxygens (including phenoxy) is 4. The van der Waals surface area contributed by atoms with E-state index in [0.717, 1.165) is 28.1 Å². The van der Waals surface area contributed by atoms with Crippen LogP contribution >= 0.6 is 0 Å². The Kier molecular flexibility index (Phi) is 12.3. The van der Waals surface area contributed by atoms with Crippen LogP contribution in [-0.2, 0) is 30.7 Å². The van der Waals surface area contributed by atoms with Gasteiger partial charge in [0.15, 0.2) is 0 Å². The topological polar surface area (TPSA) is 112 Å². The number of hydrogen-bond donors (Lipinski definition) is 1. The van der Waals surface area contributed by atoms with Crippen LogP contribution in [0.2, 0.25) is 0 Å². The largest absolute Gasteiger partial charge is 0.491 e. The quantitative estimate of drug-likeness (QED) is 0.126. The SMILES string of the molecule is Cc1ccc(S(=O)(=O)O)c(CCOCCOCCOc2ccc(/C=C/c3ccc(N(C)C(=O)OC(C)(C)C)cc3)cc2)c1. The van der Waals surface area contributed by atoms with E-state index in [1.807, 2.05) is 88.4 Å². The van der Waals surface area contributed by atoms with Gasteiger partial charge in [0, 0.05) is 12.7 Å². The van der Waals surface area contributed by atoms with Crippen molar-refractivity contribution in [1.82, 2.24) is 0 Å². The number of aryl methyl sites for hydroxylation is 1. The highest BCUT2D eigenvalue weighted by Gasteiger charge is 2.20. The number of carbonyl (C=O) groups is 1. The van der Waals surface area contributed by atoms with E-state index in [4.69, 9.17) is 18.9 Å². The molecule has 0 fully saturated rings. The highest BCUT2D eigenvalue weighted by atomic mass is 32.2. The zero-order chi connectivity index (χ0) is 31.5. The Balaban J connectivity index is 1.32. The van der Waals surface area contributed by atoms with Gasteiger partial charge in [0.1, 0.15) is 18.0 Å². The maximum Gasteiger partial charge on any atom is 0.414 e. The Morgan fingerprint density at radius 2 is 1.40 bits per heavy atom. The lowest BCUT2D eigenvalue weighted by Crippen LogP contribution is -2.34. The van der Waals surface area contributed by atoms with Crippen LogP contribution in [0.15, 0.2) is 71.6 Å². The van der Waals surface area contributed by atoms with Crippen molar-refractivity contribution in [1.29, 1.82) is 0 Å². The molecule has 0 unspecified atom stereocenters. The molecule has 0 aliphatic rings. The Morgan fingerprint density at radius 3 is 1.98 bits per heavy atom. The van der Waals surface area contributed by atoms with E-state index in [9.17, 15) is 17.8 Å². The van der Waals surface area contributed by atoms with E-state index in [1.165, 1.54) is 11.0 Å². The molecule has 0 atom stereocenters. The van der Waals surface area contributed by atoms with Gasteiger partial charge in [-0.1, -0.05) is 54.1 Å². The monoisotopic (exact) mass is 611 g/mol. The van der Waals surface area contributed by atoms with Gasteiger partial charge in [0.05, 0.1) is 31.3 Å². The predicted octanol–water partition coefficient (Wildman–Crippen LogP) is 6.44. The molecule has 0 bridgehead atoms. The molecule has 0 heterocycles.